The highest BCUT2D eigenvalue weighted by atomic mass is 32.2. The van der Waals surface area contributed by atoms with Gasteiger partial charge in [0.2, 0.25) is 10.0 Å². The summed E-state index contributed by atoms with van der Waals surface area (Å²) in [4.78, 5) is 14.1. The van der Waals surface area contributed by atoms with Gasteiger partial charge in [-0.3, -0.25) is 0 Å². The molecule has 2 N–H and O–H groups in total. The van der Waals surface area contributed by atoms with Crippen molar-refractivity contribution < 1.29 is 13.5 Å². The molecule has 0 amide bonds. The van der Waals surface area contributed by atoms with Gasteiger partial charge < -0.3 is 15.0 Å². The summed E-state index contributed by atoms with van der Waals surface area (Å²) < 4.78 is 27.2. The minimum atomic E-state index is -3.32. The highest BCUT2D eigenvalue weighted by molar-refractivity contribution is 7.89. The van der Waals surface area contributed by atoms with Gasteiger partial charge in [0, 0.05) is 32.4 Å². The van der Waals surface area contributed by atoms with Gasteiger partial charge in [0.05, 0.1) is 17.2 Å². The molecule has 1 aliphatic heterocycles. The lowest BCUT2D eigenvalue weighted by Gasteiger charge is -2.40. The van der Waals surface area contributed by atoms with E-state index < -0.39 is 16.1 Å². The molecule has 2 aromatic rings. The Balaban J connectivity index is 1.41. The van der Waals surface area contributed by atoms with E-state index in [-0.39, 0.29) is 18.2 Å². The van der Waals surface area contributed by atoms with Crippen molar-refractivity contribution in [2.24, 2.45) is 11.8 Å². The van der Waals surface area contributed by atoms with Crippen molar-refractivity contribution in [1.29, 1.82) is 0 Å². The van der Waals surface area contributed by atoms with Gasteiger partial charge in [-0.1, -0.05) is 6.92 Å². The van der Waals surface area contributed by atoms with Crippen LogP contribution >= 0.6 is 0 Å². The first kappa shape index (κ1) is 20.6. The molecule has 0 bridgehead atoms. The summed E-state index contributed by atoms with van der Waals surface area (Å²) in [6, 6.07) is 2.32. The zero-order valence-electron chi connectivity index (χ0n) is 17.2. The number of aliphatic hydroxyl groups excluding tert-OH is 1. The van der Waals surface area contributed by atoms with Crippen LogP contribution in [0.4, 0.5) is 5.82 Å². The van der Waals surface area contributed by atoms with Crippen LogP contribution in [-0.4, -0.2) is 70.8 Å². The van der Waals surface area contributed by atoms with Crippen LogP contribution in [0.5, 0.6) is 0 Å². The lowest BCUT2D eigenvalue weighted by Crippen LogP contribution is -2.46. The number of aliphatic hydroxyl groups is 1. The average molecular weight is 422 g/mol. The molecule has 4 rings (SSSR count). The van der Waals surface area contributed by atoms with Gasteiger partial charge in [0.15, 0.2) is 0 Å². The summed E-state index contributed by atoms with van der Waals surface area (Å²) in [6.07, 6.45) is 7.07. The molecule has 1 aliphatic carbocycles. The van der Waals surface area contributed by atoms with E-state index in [2.05, 4.69) is 33.8 Å². The van der Waals surface area contributed by atoms with Crippen molar-refractivity contribution in [2.45, 2.75) is 51.2 Å². The quantitative estimate of drug-likeness (QED) is 0.765. The number of nitrogens with zero attached hydrogens (tertiary/aromatic N) is 4. The van der Waals surface area contributed by atoms with Crippen molar-refractivity contribution in [3.63, 3.8) is 0 Å². The van der Waals surface area contributed by atoms with E-state index in [0.717, 1.165) is 42.5 Å². The molecule has 1 saturated carbocycles. The van der Waals surface area contributed by atoms with E-state index >= 15 is 0 Å². The van der Waals surface area contributed by atoms with Gasteiger partial charge in [-0.15, -0.1) is 0 Å². The van der Waals surface area contributed by atoms with Gasteiger partial charge in [0.25, 0.3) is 0 Å². The molecular formula is C20H31N5O3S. The Kier molecular flexibility index (Phi) is 5.81. The number of hydrogen-bond donors (Lipinski definition) is 2. The zero-order valence-corrected chi connectivity index (χ0v) is 18.0. The van der Waals surface area contributed by atoms with Crippen molar-refractivity contribution in [2.75, 3.05) is 30.8 Å². The minimum Gasteiger partial charge on any atom is -0.392 e. The largest absolute Gasteiger partial charge is 0.392 e. The van der Waals surface area contributed by atoms with E-state index in [9.17, 15) is 13.5 Å². The van der Waals surface area contributed by atoms with Gasteiger partial charge in [0.1, 0.15) is 17.8 Å². The van der Waals surface area contributed by atoms with Gasteiger partial charge in [-0.05, 0) is 50.0 Å². The van der Waals surface area contributed by atoms with E-state index in [1.807, 2.05) is 12.3 Å². The number of nitrogens with one attached hydrogen (secondary N) is 1. The summed E-state index contributed by atoms with van der Waals surface area (Å²) in [5.74, 6) is 1.64. The predicted molar refractivity (Wildman–Crippen MR) is 113 cm³/mol. The SMILES string of the molecule is C[C@@H]1C[C@@H](CS(=O)(=O)N2CCC[C@@H](O)C2)CC[C@@H]1N(C)c1ncnc2[nH]ccc12. The third-order valence-electron chi connectivity index (χ3n) is 6.60. The van der Waals surface area contributed by atoms with Crippen LogP contribution in [0.15, 0.2) is 18.6 Å². The van der Waals surface area contributed by atoms with Crippen LogP contribution in [0, 0.1) is 11.8 Å². The first-order chi connectivity index (χ1) is 13.8. The molecule has 2 fully saturated rings. The van der Waals surface area contributed by atoms with E-state index in [4.69, 9.17) is 0 Å². The maximum atomic E-state index is 12.8. The van der Waals surface area contributed by atoms with Crippen LogP contribution in [0.3, 0.4) is 0 Å². The Hall–Kier alpha value is -1.71. The maximum Gasteiger partial charge on any atom is 0.214 e. The van der Waals surface area contributed by atoms with Gasteiger partial charge in [-0.2, -0.15) is 4.31 Å². The van der Waals surface area contributed by atoms with Crippen LogP contribution in [-0.2, 0) is 10.0 Å². The average Bonchev–Trinajstić information content (AvgIpc) is 3.16. The fourth-order valence-corrected chi connectivity index (χ4v) is 7.01. The van der Waals surface area contributed by atoms with E-state index in [0.29, 0.717) is 24.9 Å². The van der Waals surface area contributed by atoms with Crippen molar-refractivity contribution in [3.05, 3.63) is 18.6 Å². The fraction of sp³-hybridized carbons (Fsp3) is 0.700. The number of fused-ring (bicyclic) bond motifs is 1. The lowest BCUT2D eigenvalue weighted by atomic mass is 9.79. The Bertz CT molecular complexity index is 946. The fourth-order valence-electron chi connectivity index (χ4n) is 5.09. The predicted octanol–water partition coefficient (Wildman–Crippen LogP) is 1.99. The van der Waals surface area contributed by atoms with Crippen LogP contribution < -0.4 is 4.90 Å². The molecule has 3 heterocycles. The highest BCUT2D eigenvalue weighted by Crippen LogP contribution is 2.36. The molecule has 0 aromatic carbocycles. The molecule has 8 nitrogen and oxygen atoms in total. The summed E-state index contributed by atoms with van der Waals surface area (Å²) in [5.41, 5.74) is 0.831. The third-order valence-corrected chi connectivity index (χ3v) is 8.61. The second-order valence-electron chi connectivity index (χ2n) is 8.70. The Labute approximate surface area is 172 Å². The summed E-state index contributed by atoms with van der Waals surface area (Å²) >= 11 is 0. The number of aromatic amines is 1. The molecule has 2 aliphatic rings. The monoisotopic (exact) mass is 421 g/mol. The molecule has 0 radical (unpaired) electrons. The standard InChI is InChI=1S/C20H31N5O3S/c1-14-10-15(12-29(27,28)25-9-3-4-16(26)11-25)5-6-18(14)24(2)20-17-7-8-21-19(17)22-13-23-20/h7-8,13-16,18,26H,3-6,9-12H2,1-2H3,(H,21,22,23)/t14-,15+,16-,18+/m1/s1. The van der Waals surface area contributed by atoms with Crippen LogP contribution in [0.1, 0.15) is 39.0 Å². The molecule has 2 aromatic heterocycles. The summed E-state index contributed by atoms with van der Waals surface area (Å²) in [5, 5.41) is 10.8. The molecule has 0 unspecified atom stereocenters. The van der Waals surface area contributed by atoms with Crippen LogP contribution in [0.2, 0.25) is 0 Å². The van der Waals surface area contributed by atoms with Crippen molar-refractivity contribution >= 4 is 26.9 Å². The molecule has 1 saturated heterocycles. The second-order valence-corrected chi connectivity index (χ2v) is 10.7. The normalized spacial score (nSPS) is 29.2. The molecule has 0 spiro atoms. The molecule has 160 valence electrons. The van der Waals surface area contributed by atoms with Crippen LogP contribution in [0.25, 0.3) is 11.0 Å². The number of β-amino-alcohol motifs (C(OH)–C–C–N with tert-alkyl or cyclic N) is 1. The Morgan fingerprint density at radius 3 is 2.90 bits per heavy atom. The molecule has 4 atom stereocenters. The summed E-state index contributed by atoms with van der Waals surface area (Å²) in [6.45, 7) is 2.99. The molecular weight excluding hydrogens is 390 g/mol. The van der Waals surface area contributed by atoms with E-state index in [1.54, 1.807) is 6.33 Å². The van der Waals surface area contributed by atoms with Crippen molar-refractivity contribution in [3.8, 4) is 0 Å². The number of piperidine rings is 1. The number of hydrogen-bond acceptors (Lipinski definition) is 6. The topological polar surface area (TPSA) is 102 Å². The third kappa shape index (κ3) is 4.27. The van der Waals surface area contributed by atoms with Crippen molar-refractivity contribution in [1.82, 2.24) is 19.3 Å². The first-order valence-electron chi connectivity index (χ1n) is 10.5. The Morgan fingerprint density at radius 2 is 2.14 bits per heavy atom. The van der Waals surface area contributed by atoms with Gasteiger partial charge >= 0.3 is 0 Å². The zero-order chi connectivity index (χ0) is 20.6. The lowest BCUT2D eigenvalue weighted by molar-refractivity contribution is 0.107. The van der Waals surface area contributed by atoms with Gasteiger partial charge in [-0.25, -0.2) is 18.4 Å². The maximum absolute atomic E-state index is 12.8. The first-order valence-corrected chi connectivity index (χ1v) is 12.1. The number of H-pyrrole nitrogens is 1. The summed E-state index contributed by atoms with van der Waals surface area (Å²) in [7, 11) is -1.24. The number of anilines is 1. The number of sulfonamides is 1. The Morgan fingerprint density at radius 1 is 1.31 bits per heavy atom. The smallest absolute Gasteiger partial charge is 0.214 e. The molecule has 29 heavy (non-hydrogen) atoms. The molecule has 9 heteroatoms. The van der Waals surface area contributed by atoms with E-state index in [1.165, 1.54) is 4.31 Å². The number of rotatable bonds is 5. The highest BCUT2D eigenvalue weighted by Gasteiger charge is 2.36. The number of aromatic nitrogens is 3. The second kappa shape index (κ2) is 8.20. The minimum absolute atomic E-state index is 0.163.